The summed E-state index contributed by atoms with van der Waals surface area (Å²) in [5, 5.41) is 0. The molecule has 0 bridgehead atoms. The Morgan fingerprint density at radius 3 is 2.60 bits per heavy atom. The smallest absolute Gasteiger partial charge is 0.211 e. The third kappa shape index (κ3) is 3.58. The molecule has 0 saturated carbocycles. The molecular weight excluding hydrogens is 278 g/mol. The van der Waals surface area contributed by atoms with Crippen LogP contribution >= 0.6 is 0 Å². The van der Waals surface area contributed by atoms with Crippen molar-refractivity contribution in [3.05, 3.63) is 36.3 Å². The van der Waals surface area contributed by atoms with Crippen LogP contribution in [0, 0.1) is 0 Å². The summed E-state index contributed by atoms with van der Waals surface area (Å²) in [4.78, 5) is 7.24. The summed E-state index contributed by atoms with van der Waals surface area (Å²) in [5.74, 6) is 1.41. The second kappa shape index (κ2) is 6.06. The molecule has 1 aromatic carbocycles. The molecule has 2 N–H and O–H groups in total. The number of ether oxygens (including phenoxy) is 1. The summed E-state index contributed by atoms with van der Waals surface area (Å²) in [6.07, 6.45) is 1.68. The van der Waals surface area contributed by atoms with E-state index in [2.05, 4.69) is 14.7 Å². The van der Waals surface area contributed by atoms with Gasteiger partial charge in [-0.15, -0.1) is 0 Å². The Balaban J connectivity index is 2.08. The number of rotatable bonds is 6. The van der Waals surface area contributed by atoms with Gasteiger partial charge in [0.15, 0.2) is 0 Å². The van der Waals surface area contributed by atoms with Crippen molar-refractivity contribution < 1.29 is 13.2 Å². The molecule has 6 nitrogen and oxygen atoms in total. The van der Waals surface area contributed by atoms with Crippen molar-refractivity contribution in [1.29, 1.82) is 0 Å². The number of hydrogen-bond donors (Lipinski definition) is 2. The fraction of sp³-hybridized carbons (Fsp3) is 0.308. The van der Waals surface area contributed by atoms with Gasteiger partial charge in [-0.1, -0.05) is 0 Å². The number of aromatic nitrogens is 2. The monoisotopic (exact) mass is 295 g/mol. The van der Waals surface area contributed by atoms with E-state index in [0.29, 0.717) is 5.82 Å². The largest absolute Gasteiger partial charge is 0.497 e. The van der Waals surface area contributed by atoms with E-state index in [0.717, 1.165) is 17.0 Å². The van der Waals surface area contributed by atoms with Gasteiger partial charge < -0.3 is 9.72 Å². The number of aromatic amines is 1. The number of hydrogen-bond acceptors (Lipinski definition) is 4. The fourth-order valence-electron chi connectivity index (χ4n) is 1.65. The molecule has 0 spiro atoms. The third-order valence-corrected chi connectivity index (χ3v) is 4.21. The average molecular weight is 295 g/mol. The molecule has 1 aromatic heterocycles. The lowest BCUT2D eigenvalue weighted by Gasteiger charge is -2.02. The van der Waals surface area contributed by atoms with Crippen LogP contribution in [0.15, 0.2) is 30.5 Å². The molecule has 0 radical (unpaired) electrons. The Morgan fingerprint density at radius 2 is 2.00 bits per heavy atom. The minimum Gasteiger partial charge on any atom is -0.497 e. The number of benzene rings is 1. The highest BCUT2D eigenvalue weighted by Gasteiger charge is 2.08. The van der Waals surface area contributed by atoms with Crippen molar-refractivity contribution in [2.24, 2.45) is 0 Å². The summed E-state index contributed by atoms with van der Waals surface area (Å²) in [6.45, 7) is 1.75. The predicted molar refractivity (Wildman–Crippen MR) is 76.9 cm³/mol. The molecule has 7 heteroatoms. The van der Waals surface area contributed by atoms with Crippen molar-refractivity contribution in [3.8, 4) is 17.0 Å². The molecule has 2 aromatic rings. The first-order valence-corrected chi connectivity index (χ1v) is 7.85. The van der Waals surface area contributed by atoms with Gasteiger partial charge in [-0.25, -0.2) is 18.1 Å². The Labute approximate surface area is 118 Å². The zero-order chi connectivity index (χ0) is 14.6. The Hall–Kier alpha value is -1.86. The van der Waals surface area contributed by atoms with Gasteiger partial charge in [0.2, 0.25) is 10.0 Å². The Kier molecular flexibility index (Phi) is 4.41. The van der Waals surface area contributed by atoms with Gasteiger partial charge in [-0.2, -0.15) is 0 Å². The number of H-pyrrole nitrogens is 1. The van der Waals surface area contributed by atoms with Gasteiger partial charge in [-0.05, 0) is 36.8 Å². The zero-order valence-corrected chi connectivity index (χ0v) is 12.2. The summed E-state index contributed by atoms with van der Waals surface area (Å²) in [6, 6.07) is 7.53. The van der Waals surface area contributed by atoms with Crippen molar-refractivity contribution >= 4 is 10.0 Å². The molecular formula is C13H17N3O3S. The van der Waals surface area contributed by atoms with Crippen LogP contribution in [0.25, 0.3) is 11.3 Å². The van der Waals surface area contributed by atoms with Crippen molar-refractivity contribution in [1.82, 2.24) is 14.7 Å². The number of nitrogens with one attached hydrogen (secondary N) is 2. The number of methoxy groups -OCH3 is 1. The molecule has 20 heavy (non-hydrogen) atoms. The lowest BCUT2D eigenvalue weighted by atomic mass is 10.2. The van der Waals surface area contributed by atoms with Crippen LogP contribution in [-0.2, 0) is 16.6 Å². The topological polar surface area (TPSA) is 84.1 Å². The number of imidazole rings is 1. The Morgan fingerprint density at radius 1 is 1.30 bits per heavy atom. The van der Waals surface area contributed by atoms with E-state index in [9.17, 15) is 8.42 Å². The van der Waals surface area contributed by atoms with E-state index in [1.54, 1.807) is 20.2 Å². The standard InChI is InChI=1S/C13H17N3O3S/c1-3-20(17,18)15-9-13-14-8-12(16-13)10-4-6-11(19-2)7-5-10/h4-8,15H,3,9H2,1-2H3,(H,14,16). The zero-order valence-electron chi connectivity index (χ0n) is 11.4. The van der Waals surface area contributed by atoms with E-state index in [1.807, 2.05) is 24.3 Å². The lowest BCUT2D eigenvalue weighted by molar-refractivity contribution is 0.415. The normalized spacial score (nSPS) is 11.5. The average Bonchev–Trinajstić information content (AvgIpc) is 2.94. The maximum atomic E-state index is 11.4. The maximum Gasteiger partial charge on any atom is 0.211 e. The van der Waals surface area contributed by atoms with Crippen LogP contribution in [0.1, 0.15) is 12.7 Å². The summed E-state index contributed by atoms with van der Waals surface area (Å²) >= 11 is 0. The number of nitrogens with zero attached hydrogens (tertiary/aromatic N) is 1. The van der Waals surface area contributed by atoms with E-state index in [1.165, 1.54) is 0 Å². The minimum absolute atomic E-state index is 0.0546. The number of sulfonamides is 1. The molecule has 0 saturated heterocycles. The van der Waals surface area contributed by atoms with E-state index in [4.69, 9.17) is 4.74 Å². The van der Waals surface area contributed by atoms with Gasteiger partial charge in [-0.3, -0.25) is 0 Å². The van der Waals surface area contributed by atoms with Gasteiger partial charge in [0.05, 0.1) is 31.3 Å². The minimum atomic E-state index is -3.21. The molecule has 0 fully saturated rings. The van der Waals surface area contributed by atoms with Crippen molar-refractivity contribution in [2.45, 2.75) is 13.5 Å². The van der Waals surface area contributed by atoms with Gasteiger partial charge in [0, 0.05) is 0 Å². The van der Waals surface area contributed by atoms with Crippen LogP contribution in [0.5, 0.6) is 5.75 Å². The predicted octanol–water partition coefficient (Wildman–Crippen LogP) is 1.52. The molecule has 2 rings (SSSR count). The fourth-order valence-corrected chi connectivity index (χ4v) is 2.21. The highest BCUT2D eigenvalue weighted by molar-refractivity contribution is 7.89. The second-order valence-corrected chi connectivity index (χ2v) is 6.29. The molecule has 1 heterocycles. The third-order valence-electron chi connectivity index (χ3n) is 2.87. The summed E-state index contributed by atoms with van der Waals surface area (Å²) in [5.41, 5.74) is 1.79. The summed E-state index contributed by atoms with van der Waals surface area (Å²) < 4.78 is 30.3. The van der Waals surface area contributed by atoms with Crippen LogP contribution in [0.2, 0.25) is 0 Å². The lowest BCUT2D eigenvalue weighted by Crippen LogP contribution is -2.25. The van der Waals surface area contributed by atoms with Gasteiger partial charge >= 0.3 is 0 Å². The second-order valence-electron chi connectivity index (χ2n) is 4.20. The molecule has 0 aliphatic rings. The summed E-state index contributed by atoms with van der Waals surface area (Å²) in [7, 11) is -1.59. The van der Waals surface area contributed by atoms with Crippen LogP contribution in [0.3, 0.4) is 0 Å². The first-order valence-electron chi connectivity index (χ1n) is 6.19. The Bertz CT molecular complexity index is 662. The molecule has 0 aliphatic heterocycles. The molecule has 0 unspecified atom stereocenters. The maximum absolute atomic E-state index is 11.4. The molecule has 0 amide bonds. The highest BCUT2D eigenvalue weighted by atomic mass is 32.2. The molecule has 0 aliphatic carbocycles. The van der Waals surface area contributed by atoms with E-state index < -0.39 is 10.0 Å². The first-order chi connectivity index (χ1) is 9.54. The van der Waals surface area contributed by atoms with E-state index >= 15 is 0 Å². The van der Waals surface area contributed by atoms with E-state index in [-0.39, 0.29) is 12.3 Å². The van der Waals surface area contributed by atoms with Crippen LogP contribution in [0.4, 0.5) is 0 Å². The van der Waals surface area contributed by atoms with Gasteiger partial charge in [0.1, 0.15) is 11.6 Å². The quantitative estimate of drug-likeness (QED) is 0.846. The van der Waals surface area contributed by atoms with Crippen LogP contribution in [-0.4, -0.2) is 31.2 Å². The highest BCUT2D eigenvalue weighted by Crippen LogP contribution is 2.20. The van der Waals surface area contributed by atoms with Crippen molar-refractivity contribution in [2.75, 3.05) is 12.9 Å². The van der Waals surface area contributed by atoms with Gasteiger partial charge in [0.25, 0.3) is 0 Å². The molecule has 0 atom stereocenters. The first kappa shape index (κ1) is 14.5. The molecule has 108 valence electrons. The SMILES string of the molecule is CCS(=O)(=O)NCc1ncc(-c2ccc(OC)cc2)[nH]1. The van der Waals surface area contributed by atoms with Crippen molar-refractivity contribution in [3.63, 3.8) is 0 Å². The van der Waals surface area contributed by atoms with Crippen LogP contribution < -0.4 is 9.46 Å².